The molecule has 0 bridgehead atoms. The van der Waals surface area contributed by atoms with E-state index in [1.807, 2.05) is 0 Å². The third kappa shape index (κ3) is 7.40. The molecule has 2 aliphatic carbocycles. The van der Waals surface area contributed by atoms with E-state index in [1.165, 1.54) is 114 Å². The van der Waals surface area contributed by atoms with Gasteiger partial charge in [-0.05, 0) is 0 Å². The molecule has 1 aliphatic heterocycles. The molecule has 0 amide bonds. The molecule has 0 nitrogen and oxygen atoms in total. The normalized spacial score (nSPS) is 16.6. The number of hydrogen-bond acceptors (Lipinski definition) is 0. The van der Waals surface area contributed by atoms with Crippen LogP contribution < -0.4 is 13.6 Å². The average Bonchev–Trinajstić information content (AvgIpc) is 4.08. The molecule has 1 heterocycles. The molecular formula is C64H59Cl2SiZr. The van der Waals surface area contributed by atoms with E-state index in [9.17, 15) is 17.0 Å². The van der Waals surface area contributed by atoms with Crippen molar-refractivity contribution in [2.45, 2.75) is 73.5 Å². The zero-order chi connectivity index (χ0) is 46.6. The van der Waals surface area contributed by atoms with Crippen LogP contribution in [0.3, 0.4) is 0 Å². The quantitative estimate of drug-likeness (QED) is 0.101. The second-order valence-electron chi connectivity index (χ2n) is 19.7. The van der Waals surface area contributed by atoms with E-state index in [0.29, 0.717) is 0 Å². The molecule has 4 heteroatoms. The number of unbranched alkanes of at least 4 members (excludes halogenated alkanes) is 2. The molecule has 8 aromatic carbocycles. The Hall–Kier alpha value is -5.08. The van der Waals surface area contributed by atoms with Crippen molar-refractivity contribution >= 4 is 52.3 Å². The number of halogens is 2. The summed E-state index contributed by atoms with van der Waals surface area (Å²) in [6, 6.07) is 65.8. The second kappa shape index (κ2) is 18.3. The van der Waals surface area contributed by atoms with E-state index in [-0.39, 0.29) is 7.25 Å². The van der Waals surface area contributed by atoms with E-state index in [1.54, 1.807) is 0 Å². The van der Waals surface area contributed by atoms with Crippen molar-refractivity contribution in [3.05, 3.63) is 220 Å². The predicted octanol–water partition coefficient (Wildman–Crippen LogP) is 16.4. The van der Waals surface area contributed by atoms with Crippen LogP contribution in [0, 0.1) is 13.8 Å². The van der Waals surface area contributed by atoms with Crippen molar-refractivity contribution in [3.8, 4) is 55.6 Å². The van der Waals surface area contributed by atoms with E-state index in [0.717, 1.165) is 38.5 Å². The second-order valence-corrected chi connectivity index (χ2v) is 42.1. The summed E-state index contributed by atoms with van der Waals surface area (Å²) in [6.07, 6.45) is 11.4. The number of aryl methyl sites for hydroxylation is 2. The molecule has 3 aliphatic rings. The van der Waals surface area contributed by atoms with Gasteiger partial charge in [-0.25, -0.2) is 0 Å². The van der Waals surface area contributed by atoms with Crippen LogP contribution in [0.1, 0.15) is 93.0 Å². The van der Waals surface area contributed by atoms with Gasteiger partial charge in [0.15, 0.2) is 0 Å². The molecule has 0 radical (unpaired) electrons. The fourth-order valence-electron chi connectivity index (χ4n) is 12.6. The van der Waals surface area contributed by atoms with E-state index in [2.05, 4.69) is 216 Å². The number of allylic oxidation sites excluding steroid dienone is 2. The third-order valence-corrected chi connectivity index (χ3v) is 38.4. The maximum absolute atomic E-state index is 9.65. The van der Waals surface area contributed by atoms with Gasteiger partial charge < -0.3 is 0 Å². The van der Waals surface area contributed by atoms with E-state index >= 15 is 0 Å². The molecule has 2 unspecified atom stereocenters. The summed E-state index contributed by atoms with van der Waals surface area (Å²) in [7, 11) is 18.4. The van der Waals surface area contributed by atoms with Crippen molar-refractivity contribution in [1.29, 1.82) is 0 Å². The first-order chi connectivity index (χ1) is 33.2. The van der Waals surface area contributed by atoms with Gasteiger partial charge in [0.1, 0.15) is 0 Å². The Kier molecular flexibility index (Phi) is 12.2. The molecule has 8 aromatic rings. The number of fused-ring (bicyclic) bond motifs is 5. The Morgan fingerprint density at radius 3 is 1.37 bits per heavy atom. The van der Waals surface area contributed by atoms with Crippen LogP contribution in [-0.4, -0.2) is 9.52 Å². The van der Waals surface area contributed by atoms with Crippen LogP contribution in [0.5, 0.6) is 0 Å². The molecule has 11 rings (SSSR count). The van der Waals surface area contributed by atoms with Crippen LogP contribution in [-0.2, 0) is 16.4 Å². The average molecular weight is 1020 g/mol. The standard InChI is InChI=1S/2C26H25.C12H9Si.2ClH.Zr/c2*1-3-4-11-20-17-22-15-16-24(21-12-6-5-7-13-21)26(25(22)18-20)23-14-9-8-10-19(23)2;1-3-7-11-9(5-1)10-6-2-4-8-12(10)13-11;;;/h2*5-10,12-18H,3-4,11H2,1-2H3;1-7H,13H2;2*1H;/q;;;;;+2/p-2. The van der Waals surface area contributed by atoms with Crippen molar-refractivity contribution in [2.75, 3.05) is 0 Å². The zero-order valence-corrected chi connectivity index (χ0v) is 45.1. The first kappa shape index (κ1) is 45.4. The summed E-state index contributed by atoms with van der Waals surface area (Å²) in [4.78, 5) is 0. The molecule has 0 spiro atoms. The Morgan fingerprint density at radius 1 is 0.441 bits per heavy atom. The van der Waals surface area contributed by atoms with Gasteiger partial charge in [0.2, 0.25) is 0 Å². The number of rotatable bonds is 13. The van der Waals surface area contributed by atoms with Crippen LogP contribution >= 0.6 is 17.0 Å². The Bertz CT molecular complexity index is 3140. The molecule has 0 saturated carbocycles. The monoisotopic (exact) mass is 1020 g/mol. The topological polar surface area (TPSA) is 0 Å². The van der Waals surface area contributed by atoms with Gasteiger partial charge in [-0.2, -0.15) is 0 Å². The molecule has 0 aromatic heterocycles. The van der Waals surface area contributed by atoms with Crippen LogP contribution in [0.25, 0.3) is 67.8 Å². The van der Waals surface area contributed by atoms with Crippen molar-refractivity contribution < 1.29 is 16.4 Å². The van der Waals surface area contributed by atoms with Crippen molar-refractivity contribution in [1.82, 2.24) is 0 Å². The maximum atomic E-state index is 9.65. The third-order valence-electron chi connectivity index (χ3n) is 15.6. The number of hydrogen-bond donors (Lipinski definition) is 0. The Balaban J connectivity index is 1.26. The molecule has 337 valence electrons. The van der Waals surface area contributed by atoms with Gasteiger partial charge in [-0.15, -0.1) is 0 Å². The van der Waals surface area contributed by atoms with Gasteiger partial charge in [0.05, 0.1) is 0 Å². The zero-order valence-electron chi connectivity index (χ0n) is 39.8. The van der Waals surface area contributed by atoms with Gasteiger partial charge in [-0.3, -0.25) is 0 Å². The summed E-state index contributed by atoms with van der Waals surface area (Å²) in [5.41, 5.74) is 23.3. The number of benzene rings is 8. The van der Waals surface area contributed by atoms with Crippen molar-refractivity contribution in [2.24, 2.45) is 0 Å². The molecule has 0 N–H and O–H groups in total. The van der Waals surface area contributed by atoms with Gasteiger partial charge in [-0.1, -0.05) is 0 Å². The van der Waals surface area contributed by atoms with Crippen LogP contribution in [0.2, 0.25) is 0 Å². The molecule has 0 saturated heterocycles. The minimum absolute atomic E-state index is 0.144. The summed E-state index contributed by atoms with van der Waals surface area (Å²) < 4.78 is 1.01. The van der Waals surface area contributed by atoms with Crippen molar-refractivity contribution in [3.63, 3.8) is 0 Å². The fourth-order valence-corrected chi connectivity index (χ4v) is 40.5. The van der Waals surface area contributed by atoms with Crippen LogP contribution in [0.15, 0.2) is 187 Å². The predicted molar refractivity (Wildman–Crippen MR) is 296 cm³/mol. The SMILES string of the molecule is CCCCC1=Cc2c(ccc(-c3ccccc3)c2-c2ccccc2C)[CH]1[Zr]([Cl])([Cl])([c]1cccc2c1[SiH2]c1ccccc1-2)[CH]1C(CCCC)=Cc2c1ccc(-c1ccccc1)c2-c1ccccc1C. The van der Waals surface area contributed by atoms with E-state index in [4.69, 9.17) is 0 Å². The molecular weight excluding hydrogens is 959 g/mol. The summed E-state index contributed by atoms with van der Waals surface area (Å²) in [5, 5.41) is 2.96. The Morgan fingerprint density at radius 2 is 0.882 bits per heavy atom. The van der Waals surface area contributed by atoms with Crippen LogP contribution in [0.4, 0.5) is 0 Å². The van der Waals surface area contributed by atoms with Gasteiger partial charge in [0, 0.05) is 0 Å². The molecule has 68 heavy (non-hydrogen) atoms. The van der Waals surface area contributed by atoms with Gasteiger partial charge in [0.25, 0.3) is 0 Å². The first-order valence-electron chi connectivity index (χ1n) is 25.0. The summed E-state index contributed by atoms with van der Waals surface area (Å²) in [5.74, 6) is 0. The Labute approximate surface area is 414 Å². The van der Waals surface area contributed by atoms with Gasteiger partial charge >= 0.3 is 418 Å². The van der Waals surface area contributed by atoms with E-state index < -0.39 is 25.9 Å². The minimum atomic E-state index is -5.84. The molecule has 2 atom stereocenters. The summed E-state index contributed by atoms with van der Waals surface area (Å²) >= 11 is -5.84. The fraction of sp³-hybridized carbons (Fsp3) is 0.188. The molecule has 0 fully saturated rings. The first-order valence-corrected chi connectivity index (χ1v) is 36.8. The summed E-state index contributed by atoms with van der Waals surface area (Å²) in [6.45, 7) is 9.16.